The van der Waals surface area contributed by atoms with E-state index in [0.29, 0.717) is 20.7 Å². The second kappa shape index (κ2) is 7.77. The summed E-state index contributed by atoms with van der Waals surface area (Å²) in [6.45, 7) is 5.60. The first-order valence-corrected chi connectivity index (χ1v) is 9.60. The maximum Gasteiger partial charge on any atom is 0.348 e. The molecule has 0 radical (unpaired) electrons. The Kier molecular flexibility index (Phi) is 5.58. The van der Waals surface area contributed by atoms with Gasteiger partial charge >= 0.3 is 5.97 Å². The van der Waals surface area contributed by atoms with Crippen LogP contribution in [0.2, 0.25) is 0 Å². The van der Waals surface area contributed by atoms with Gasteiger partial charge in [-0.3, -0.25) is 4.79 Å². The van der Waals surface area contributed by atoms with Crippen molar-refractivity contribution in [3.8, 4) is 5.75 Å². The number of thiophene rings is 1. The van der Waals surface area contributed by atoms with Crippen molar-refractivity contribution in [3.05, 3.63) is 55.4 Å². The van der Waals surface area contributed by atoms with Gasteiger partial charge in [-0.1, -0.05) is 11.6 Å². The third-order valence-corrected chi connectivity index (χ3v) is 5.83. The number of carbonyl (C=O) groups excluding carboxylic acids is 1. The zero-order valence-corrected chi connectivity index (χ0v) is 17.7. The number of hydrogen-bond acceptors (Lipinski definition) is 6. The lowest BCUT2D eigenvalue weighted by molar-refractivity contribution is 0.0605. The lowest BCUT2D eigenvalue weighted by Crippen LogP contribution is -2.10. The molecule has 1 N–H and O–H groups in total. The molecule has 3 rings (SSSR count). The Labute approximate surface area is 170 Å². The van der Waals surface area contributed by atoms with Crippen molar-refractivity contribution in [1.29, 1.82) is 0 Å². The SMILES string of the molecule is COC(=O)c1sc2nc(/C(Cl)=C/c3cc(C)c(OC)c(C)c3)[nH]c(=O)c2c1C. The van der Waals surface area contributed by atoms with Crippen LogP contribution in [-0.2, 0) is 4.74 Å². The number of carbonyl (C=O) groups is 1. The molecular weight excluding hydrogens is 400 g/mol. The zero-order chi connectivity index (χ0) is 20.6. The molecule has 0 aliphatic carbocycles. The van der Waals surface area contributed by atoms with E-state index in [1.807, 2.05) is 26.0 Å². The highest BCUT2D eigenvalue weighted by Crippen LogP contribution is 2.30. The van der Waals surface area contributed by atoms with E-state index >= 15 is 0 Å². The summed E-state index contributed by atoms with van der Waals surface area (Å²) in [7, 11) is 2.93. The number of halogens is 1. The van der Waals surface area contributed by atoms with Gasteiger partial charge in [0.1, 0.15) is 15.5 Å². The summed E-state index contributed by atoms with van der Waals surface area (Å²) >= 11 is 7.55. The number of nitrogens with zero attached hydrogens (tertiary/aromatic N) is 1. The number of aromatic amines is 1. The molecule has 2 heterocycles. The third-order valence-electron chi connectivity index (χ3n) is 4.38. The van der Waals surface area contributed by atoms with Gasteiger partial charge in [-0.2, -0.15) is 0 Å². The second-order valence-corrected chi connectivity index (χ2v) is 7.73. The van der Waals surface area contributed by atoms with Crippen molar-refractivity contribution in [2.24, 2.45) is 0 Å². The van der Waals surface area contributed by atoms with Crippen LogP contribution < -0.4 is 10.3 Å². The van der Waals surface area contributed by atoms with Crippen molar-refractivity contribution in [1.82, 2.24) is 9.97 Å². The van der Waals surface area contributed by atoms with Crippen LogP contribution in [0.5, 0.6) is 5.75 Å². The number of benzene rings is 1. The van der Waals surface area contributed by atoms with Crippen LogP contribution >= 0.6 is 22.9 Å². The Bertz CT molecular complexity index is 1150. The van der Waals surface area contributed by atoms with Gasteiger partial charge in [-0.25, -0.2) is 9.78 Å². The van der Waals surface area contributed by atoms with Gasteiger partial charge in [0.2, 0.25) is 0 Å². The summed E-state index contributed by atoms with van der Waals surface area (Å²) in [6, 6.07) is 3.88. The first-order valence-electron chi connectivity index (χ1n) is 8.41. The molecule has 6 nitrogen and oxygen atoms in total. The van der Waals surface area contributed by atoms with E-state index in [1.54, 1.807) is 20.1 Å². The molecule has 0 aliphatic rings. The second-order valence-electron chi connectivity index (χ2n) is 6.32. The molecule has 2 aromatic heterocycles. The predicted octanol–water partition coefficient (Wildman–Crippen LogP) is 4.44. The highest BCUT2D eigenvalue weighted by Gasteiger charge is 2.20. The molecule has 0 saturated heterocycles. The molecule has 8 heteroatoms. The monoisotopic (exact) mass is 418 g/mol. The predicted molar refractivity (Wildman–Crippen MR) is 113 cm³/mol. The van der Waals surface area contributed by atoms with E-state index < -0.39 is 5.97 Å². The van der Waals surface area contributed by atoms with Gasteiger partial charge in [-0.15, -0.1) is 11.3 Å². The number of nitrogens with one attached hydrogen (secondary N) is 1. The fraction of sp³-hybridized carbons (Fsp3) is 0.250. The number of aryl methyl sites for hydroxylation is 3. The maximum atomic E-state index is 12.5. The Morgan fingerprint density at radius 1 is 1.21 bits per heavy atom. The number of fused-ring (bicyclic) bond motifs is 1. The molecule has 0 spiro atoms. The van der Waals surface area contributed by atoms with Crippen LogP contribution in [0.15, 0.2) is 16.9 Å². The molecule has 0 aliphatic heterocycles. The largest absolute Gasteiger partial charge is 0.496 e. The summed E-state index contributed by atoms with van der Waals surface area (Å²) in [4.78, 5) is 32.4. The molecule has 0 unspecified atom stereocenters. The van der Waals surface area contributed by atoms with Crippen molar-refractivity contribution in [3.63, 3.8) is 0 Å². The minimum Gasteiger partial charge on any atom is -0.496 e. The van der Waals surface area contributed by atoms with Crippen LogP contribution in [0.25, 0.3) is 21.3 Å². The fourth-order valence-electron chi connectivity index (χ4n) is 3.15. The van der Waals surface area contributed by atoms with Gasteiger partial charge in [-0.05, 0) is 61.2 Å². The van der Waals surface area contributed by atoms with Gasteiger partial charge in [0, 0.05) is 0 Å². The van der Waals surface area contributed by atoms with Gasteiger partial charge in [0.15, 0.2) is 5.82 Å². The quantitative estimate of drug-likeness (QED) is 0.633. The number of rotatable bonds is 4. The molecule has 0 atom stereocenters. The minimum atomic E-state index is -0.493. The van der Waals surface area contributed by atoms with Crippen LogP contribution in [0, 0.1) is 20.8 Å². The van der Waals surface area contributed by atoms with Gasteiger partial charge in [0.25, 0.3) is 5.56 Å². The van der Waals surface area contributed by atoms with Crippen LogP contribution in [0.3, 0.4) is 0 Å². The van der Waals surface area contributed by atoms with E-state index in [9.17, 15) is 9.59 Å². The standard InChI is InChI=1S/C20H19ClN2O4S/c1-9-6-12(7-10(2)15(9)26-4)8-13(21)17-22-18(24)14-11(3)16(20(25)27-5)28-19(14)23-17/h6-8H,1-5H3,(H,22,23,24)/b13-8-. The van der Waals surface area contributed by atoms with Crippen LogP contribution in [-0.4, -0.2) is 30.2 Å². The number of aromatic nitrogens is 2. The summed E-state index contributed by atoms with van der Waals surface area (Å²) in [6.07, 6.45) is 1.73. The van der Waals surface area contributed by atoms with Crippen LogP contribution in [0.4, 0.5) is 0 Å². The maximum absolute atomic E-state index is 12.5. The van der Waals surface area contributed by atoms with Gasteiger partial charge < -0.3 is 14.5 Å². The van der Waals surface area contributed by atoms with E-state index in [4.69, 9.17) is 21.1 Å². The summed E-state index contributed by atoms with van der Waals surface area (Å²) in [5, 5.41) is 0.656. The molecular formula is C20H19ClN2O4S. The third kappa shape index (κ3) is 3.55. The average Bonchev–Trinajstić information content (AvgIpc) is 2.98. The van der Waals surface area contributed by atoms with E-state index in [1.165, 1.54) is 7.11 Å². The Morgan fingerprint density at radius 3 is 2.43 bits per heavy atom. The molecule has 3 aromatic rings. The molecule has 1 aromatic carbocycles. The molecule has 146 valence electrons. The molecule has 0 bridgehead atoms. The normalized spacial score (nSPS) is 11.7. The lowest BCUT2D eigenvalue weighted by atomic mass is 10.1. The first-order chi connectivity index (χ1) is 13.3. The molecule has 0 fully saturated rings. The summed E-state index contributed by atoms with van der Waals surface area (Å²) in [5.74, 6) is 0.570. The number of methoxy groups -OCH3 is 2. The van der Waals surface area contributed by atoms with Crippen molar-refractivity contribution in [2.75, 3.05) is 14.2 Å². The summed E-state index contributed by atoms with van der Waals surface area (Å²) < 4.78 is 10.1. The van der Waals surface area contributed by atoms with E-state index in [0.717, 1.165) is 33.8 Å². The number of H-pyrrole nitrogens is 1. The van der Waals surface area contributed by atoms with Crippen molar-refractivity contribution in [2.45, 2.75) is 20.8 Å². The van der Waals surface area contributed by atoms with Crippen LogP contribution in [0.1, 0.15) is 37.7 Å². The Morgan fingerprint density at radius 2 is 1.86 bits per heavy atom. The molecule has 0 amide bonds. The Balaban J connectivity index is 2.10. The number of esters is 1. The minimum absolute atomic E-state index is 0.239. The highest BCUT2D eigenvalue weighted by atomic mass is 35.5. The molecule has 0 saturated carbocycles. The smallest absolute Gasteiger partial charge is 0.348 e. The number of ether oxygens (including phenoxy) is 2. The zero-order valence-electron chi connectivity index (χ0n) is 16.1. The lowest BCUT2D eigenvalue weighted by Gasteiger charge is -2.09. The Hall–Kier alpha value is -2.64. The van der Waals surface area contributed by atoms with Gasteiger partial charge in [0.05, 0.1) is 24.6 Å². The topological polar surface area (TPSA) is 81.3 Å². The molecule has 28 heavy (non-hydrogen) atoms. The van der Waals surface area contributed by atoms with Crippen molar-refractivity contribution >= 4 is 50.2 Å². The average molecular weight is 419 g/mol. The van der Waals surface area contributed by atoms with E-state index in [-0.39, 0.29) is 16.4 Å². The number of hydrogen-bond donors (Lipinski definition) is 1. The van der Waals surface area contributed by atoms with Crippen molar-refractivity contribution < 1.29 is 14.3 Å². The summed E-state index contributed by atoms with van der Waals surface area (Å²) in [5.41, 5.74) is 3.02. The van der Waals surface area contributed by atoms with E-state index in [2.05, 4.69) is 9.97 Å². The highest BCUT2D eigenvalue weighted by molar-refractivity contribution is 7.20. The fourth-order valence-corrected chi connectivity index (χ4v) is 4.46. The first kappa shape index (κ1) is 20.1.